The lowest BCUT2D eigenvalue weighted by Crippen LogP contribution is -2.27. The van der Waals surface area contributed by atoms with E-state index in [0.29, 0.717) is 55.3 Å². The van der Waals surface area contributed by atoms with Gasteiger partial charge in [-0.2, -0.15) is 0 Å². The molecule has 2 amide bonds. The molecule has 0 saturated carbocycles. The average Bonchev–Trinajstić information content (AvgIpc) is 3.09. The topological polar surface area (TPSA) is 55.8 Å². The van der Waals surface area contributed by atoms with Crippen LogP contribution in [0.5, 0.6) is 11.5 Å². The maximum Gasteiger partial charge on any atom is 0.293 e. The molecule has 180 valence electrons. The summed E-state index contributed by atoms with van der Waals surface area (Å²) in [6.45, 7) is 2.82. The number of nitrogens with zero attached hydrogens (tertiary/aromatic N) is 1. The Bertz CT molecular complexity index is 1300. The van der Waals surface area contributed by atoms with Crippen molar-refractivity contribution >= 4 is 68.1 Å². The van der Waals surface area contributed by atoms with E-state index in [4.69, 9.17) is 32.7 Å². The van der Waals surface area contributed by atoms with Crippen LogP contribution < -0.4 is 9.47 Å². The number of hydrogen-bond acceptors (Lipinski definition) is 5. The SMILES string of the molecule is CCOc1cc(/C=C2\SC(=O)N(Cc3ccc(Cl)c(Cl)c3)C2=O)cc(Br)c1OCc1ccccc1. The van der Waals surface area contributed by atoms with Crippen LogP contribution in [0, 0.1) is 0 Å². The molecular formula is C26H20BrCl2NO4S. The largest absolute Gasteiger partial charge is 0.490 e. The van der Waals surface area contributed by atoms with Gasteiger partial charge in [-0.15, -0.1) is 0 Å². The van der Waals surface area contributed by atoms with Crippen molar-refractivity contribution in [3.8, 4) is 11.5 Å². The van der Waals surface area contributed by atoms with Gasteiger partial charge in [-0.3, -0.25) is 14.5 Å². The lowest BCUT2D eigenvalue weighted by atomic mass is 10.1. The maximum absolute atomic E-state index is 13.0. The van der Waals surface area contributed by atoms with E-state index in [9.17, 15) is 9.59 Å². The molecule has 5 nitrogen and oxygen atoms in total. The third-order valence-electron chi connectivity index (χ3n) is 5.05. The number of benzene rings is 3. The fourth-order valence-corrected chi connectivity index (χ4v) is 5.15. The van der Waals surface area contributed by atoms with Crippen LogP contribution >= 0.6 is 50.9 Å². The first-order valence-corrected chi connectivity index (χ1v) is 13.0. The fraction of sp³-hybridized carbons (Fsp3) is 0.154. The van der Waals surface area contributed by atoms with E-state index in [1.54, 1.807) is 30.3 Å². The number of rotatable bonds is 8. The summed E-state index contributed by atoms with van der Waals surface area (Å²) in [5, 5.41) is 0.435. The number of ether oxygens (including phenoxy) is 2. The lowest BCUT2D eigenvalue weighted by molar-refractivity contribution is -0.123. The first kappa shape index (κ1) is 25.6. The van der Waals surface area contributed by atoms with Gasteiger partial charge in [0, 0.05) is 0 Å². The molecule has 0 unspecified atom stereocenters. The lowest BCUT2D eigenvalue weighted by Gasteiger charge is -2.15. The van der Waals surface area contributed by atoms with Crippen LogP contribution in [0.1, 0.15) is 23.6 Å². The molecule has 0 spiro atoms. The van der Waals surface area contributed by atoms with Gasteiger partial charge >= 0.3 is 0 Å². The van der Waals surface area contributed by atoms with Gasteiger partial charge in [0.15, 0.2) is 11.5 Å². The van der Waals surface area contributed by atoms with Crippen molar-refractivity contribution in [1.29, 1.82) is 0 Å². The third-order valence-corrected chi connectivity index (χ3v) is 7.29. The highest BCUT2D eigenvalue weighted by Crippen LogP contribution is 2.40. The van der Waals surface area contributed by atoms with Gasteiger partial charge in [0.05, 0.1) is 32.6 Å². The zero-order chi connectivity index (χ0) is 24.9. The second-order valence-electron chi connectivity index (χ2n) is 7.55. The molecule has 3 aromatic carbocycles. The Labute approximate surface area is 226 Å². The molecule has 1 aliphatic heterocycles. The number of carbonyl (C=O) groups is 2. The number of amides is 2. The zero-order valence-corrected chi connectivity index (χ0v) is 22.5. The van der Waals surface area contributed by atoms with Crippen molar-refractivity contribution in [1.82, 2.24) is 4.90 Å². The van der Waals surface area contributed by atoms with Gasteiger partial charge in [-0.25, -0.2) is 0 Å². The molecule has 35 heavy (non-hydrogen) atoms. The molecule has 1 fully saturated rings. The smallest absolute Gasteiger partial charge is 0.293 e. The first-order chi connectivity index (χ1) is 16.9. The van der Waals surface area contributed by atoms with E-state index in [0.717, 1.165) is 17.3 Å². The van der Waals surface area contributed by atoms with Gasteiger partial charge in [0.2, 0.25) is 0 Å². The number of hydrogen-bond donors (Lipinski definition) is 0. The molecule has 4 rings (SSSR count). The van der Waals surface area contributed by atoms with Crippen LogP contribution in [0.2, 0.25) is 10.0 Å². The molecule has 0 aliphatic carbocycles. The van der Waals surface area contributed by atoms with Crippen LogP contribution in [0.4, 0.5) is 4.79 Å². The second-order valence-corrected chi connectivity index (χ2v) is 10.2. The minimum Gasteiger partial charge on any atom is -0.490 e. The Morgan fingerprint density at radius 2 is 1.74 bits per heavy atom. The van der Waals surface area contributed by atoms with Crippen LogP contribution in [-0.2, 0) is 17.9 Å². The first-order valence-electron chi connectivity index (χ1n) is 10.7. The summed E-state index contributed by atoms with van der Waals surface area (Å²) >= 11 is 16.5. The number of thioether (sulfide) groups is 1. The highest BCUT2D eigenvalue weighted by atomic mass is 79.9. The standard InChI is InChI=1S/C26H20BrCl2NO4S/c1-2-33-22-12-18(10-19(27)24(22)34-15-16-6-4-3-5-7-16)13-23-25(31)30(26(32)35-23)14-17-8-9-20(28)21(29)11-17/h3-13H,2,14-15H2,1H3/b23-13-. The summed E-state index contributed by atoms with van der Waals surface area (Å²) in [6, 6.07) is 18.5. The molecule has 1 heterocycles. The van der Waals surface area contributed by atoms with Gasteiger partial charge in [-0.05, 0) is 81.6 Å². The van der Waals surface area contributed by atoms with Crippen LogP contribution in [0.25, 0.3) is 6.08 Å². The van der Waals surface area contributed by atoms with Gasteiger partial charge in [-0.1, -0.05) is 59.6 Å². The summed E-state index contributed by atoms with van der Waals surface area (Å²) in [5.41, 5.74) is 2.44. The van der Waals surface area contributed by atoms with E-state index in [-0.39, 0.29) is 17.7 Å². The second kappa shape index (κ2) is 11.5. The summed E-state index contributed by atoms with van der Waals surface area (Å²) in [5.74, 6) is 0.740. The molecule has 1 saturated heterocycles. The number of imide groups is 1. The molecule has 0 N–H and O–H groups in total. The fourth-order valence-electron chi connectivity index (χ4n) is 3.41. The van der Waals surface area contributed by atoms with Crippen molar-refractivity contribution in [2.24, 2.45) is 0 Å². The Hall–Kier alpha value is -2.45. The van der Waals surface area contributed by atoms with E-state index >= 15 is 0 Å². The summed E-state index contributed by atoms with van der Waals surface area (Å²) < 4.78 is 12.5. The molecular weight excluding hydrogens is 573 g/mol. The quantitative estimate of drug-likeness (QED) is 0.248. The maximum atomic E-state index is 13.0. The monoisotopic (exact) mass is 591 g/mol. The van der Waals surface area contributed by atoms with Gasteiger partial charge < -0.3 is 9.47 Å². The minimum atomic E-state index is -0.371. The van der Waals surface area contributed by atoms with Crippen LogP contribution in [0.15, 0.2) is 70.0 Å². The van der Waals surface area contributed by atoms with Crippen LogP contribution in [-0.4, -0.2) is 22.7 Å². The van der Waals surface area contributed by atoms with Crippen molar-refractivity contribution < 1.29 is 19.1 Å². The summed E-state index contributed by atoms with van der Waals surface area (Å²) in [6.07, 6.45) is 1.67. The highest BCUT2D eigenvalue weighted by Gasteiger charge is 2.35. The predicted molar refractivity (Wildman–Crippen MR) is 144 cm³/mol. The molecule has 0 aromatic heterocycles. The molecule has 1 aliphatic rings. The molecule has 0 atom stereocenters. The van der Waals surface area contributed by atoms with Crippen molar-refractivity contribution in [3.63, 3.8) is 0 Å². The molecule has 9 heteroatoms. The average molecular weight is 593 g/mol. The van der Waals surface area contributed by atoms with E-state index < -0.39 is 0 Å². The van der Waals surface area contributed by atoms with Crippen molar-refractivity contribution in [2.45, 2.75) is 20.1 Å². The Balaban J connectivity index is 1.55. The Kier molecular flexibility index (Phi) is 8.44. The summed E-state index contributed by atoms with van der Waals surface area (Å²) in [4.78, 5) is 27.1. The van der Waals surface area contributed by atoms with E-state index in [1.807, 2.05) is 43.3 Å². The van der Waals surface area contributed by atoms with Crippen molar-refractivity contribution in [3.05, 3.63) is 96.8 Å². The number of halogens is 3. The molecule has 0 bridgehead atoms. The van der Waals surface area contributed by atoms with E-state index in [1.165, 1.54) is 4.90 Å². The summed E-state index contributed by atoms with van der Waals surface area (Å²) in [7, 11) is 0. The van der Waals surface area contributed by atoms with Gasteiger partial charge in [0.1, 0.15) is 6.61 Å². The number of carbonyl (C=O) groups excluding carboxylic acids is 2. The molecule has 0 radical (unpaired) electrons. The van der Waals surface area contributed by atoms with Crippen molar-refractivity contribution in [2.75, 3.05) is 6.61 Å². The zero-order valence-electron chi connectivity index (χ0n) is 18.6. The third kappa shape index (κ3) is 6.22. The van der Waals surface area contributed by atoms with E-state index in [2.05, 4.69) is 15.9 Å². The molecule has 3 aromatic rings. The Morgan fingerprint density at radius 3 is 2.46 bits per heavy atom. The Morgan fingerprint density at radius 1 is 0.971 bits per heavy atom. The predicted octanol–water partition coefficient (Wildman–Crippen LogP) is 7.97. The van der Waals surface area contributed by atoms with Crippen LogP contribution in [0.3, 0.4) is 0 Å². The normalized spacial score (nSPS) is 14.6. The minimum absolute atomic E-state index is 0.110. The van der Waals surface area contributed by atoms with Gasteiger partial charge in [0.25, 0.3) is 11.1 Å². The highest BCUT2D eigenvalue weighted by molar-refractivity contribution is 9.10.